The molecule has 2 rings (SSSR count). The second-order valence-electron chi connectivity index (χ2n) is 3.79. The van der Waals surface area contributed by atoms with Crippen LogP contribution in [0.5, 0.6) is 11.5 Å². The maximum Gasteiger partial charge on any atom is 0.328 e. The summed E-state index contributed by atoms with van der Waals surface area (Å²) in [7, 11) is 1.27. The minimum atomic E-state index is -0.701. The smallest absolute Gasteiger partial charge is 0.328 e. The van der Waals surface area contributed by atoms with Crippen molar-refractivity contribution in [2.45, 2.75) is 13.0 Å². The van der Waals surface area contributed by atoms with Crippen LogP contribution in [-0.4, -0.2) is 31.8 Å². The third-order valence-electron chi connectivity index (χ3n) is 2.54. The van der Waals surface area contributed by atoms with E-state index in [0.29, 0.717) is 17.1 Å². The van der Waals surface area contributed by atoms with Gasteiger partial charge in [-0.1, -0.05) is 0 Å². The molecule has 6 nitrogen and oxygen atoms in total. The minimum absolute atomic E-state index is 0.152. The van der Waals surface area contributed by atoms with Crippen LogP contribution in [0.1, 0.15) is 17.3 Å². The first-order valence-corrected chi connectivity index (χ1v) is 5.40. The molecular formula is C12H13NO5. The zero-order valence-electron chi connectivity index (χ0n) is 10.1. The Balaban J connectivity index is 2.07. The van der Waals surface area contributed by atoms with Crippen molar-refractivity contribution < 1.29 is 23.8 Å². The standard InChI is InChI=1S/C12H13NO5/c1-7(12(15)16-2)13-11(14)8-3-4-9-10(5-8)18-6-17-9/h3-5,7H,6H2,1-2H3,(H,13,14). The van der Waals surface area contributed by atoms with Crippen LogP contribution in [0.25, 0.3) is 0 Å². The van der Waals surface area contributed by atoms with Gasteiger partial charge in [0.15, 0.2) is 11.5 Å². The molecule has 0 spiro atoms. The molecule has 1 N–H and O–H groups in total. The van der Waals surface area contributed by atoms with Crippen LogP contribution in [0, 0.1) is 0 Å². The lowest BCUT2D eigenvalue weighted by Crippen LogP contribution is -2.39. The molecule has 1 heterocycles. The normalized spacial score (nSPS) is 13.9. The van der Waals surface area contributed by atoms with E-state index in [1.807, 2.05) is 0 Å². The van der Waals surface area contributed by atoms with Gasteiger partial charge < -0.3 is 19.5 Å². The van der Waals surface area contributed by atoms with E-state index in [9.17, 15) is 9.59 Å². The molecule has 0 radical (unpaired) electrons. The minimum Gasteiger partial charge on any atom is -0.467 e. The maximum absolute atomic E-state index is 11.9. The molecule has 0 aliphatic carbocycles. The number of hydrogen-bond acceptors (Lipinski definition) is 5. The Hall–Kier alpha value is -2.24. The van der Waals surface area contributed by atoms with Crippen molar-refractivity contribution in [2.75, 3.05) is 13.9 Å². The van der Waals surface area contributed by atoms with Crippen LogP contribution in [-0.2, 0) is 9.53 Å². The van der Waals surface area contributed by atoms with Crippen LogP contribution in [0.2, 0.25) is 0 Å². The second kappa shape index (κ2) is 4.95. The highest BCUT2D eigenvalue weighted by Crippen LogP contribution is 2.32. The number of rotatable bonds is 3. The first-order valence-electron chi connectivity index (χ1n) is 5.40. The fraction of sp³-hybridized carbons (Fsp3) is 0.333. The lowest BCUT2D eigenvalue weighted by Gasteiger charge is -2.11. The van der Waals surface area contributed by atoms with Crippen LogP contribution >= 0.6 is 0 Å². The van der Waals surface area contributed by atoms with Gasteiger partial charge in [-0.25, -0.2) is 4.79 Å². The van der Waals surface area contributed by atoms with Crippen molar-refractivity contribution in [1.29, 1.82) is 0 Å². The Morgan fingerprint density at radius 2 is 2.06 bits per heavy atom. The van der Waals surface area contributed by atoms with Gasteiger partial charge in [-0.3, -0.25) is 4.79 Å². The predicted octanol–water partition coefficient (Wildman–Crippen LogP) is 0.707. The molecular weight excluding hydrogens is 238 g/mol. The molecule has 0 bridgehead atoms. The zero-order valence-corrected chi connectivity index (χ0v) is 10.1. The molecule has 1 aromatic rings. The van der Waals surface area contributed by atoms with Gasteiger partial charge in [0.05, 0.1) is 7.11 Å². The number of hydrogen-bond donors (Lipinski definition) is 1. The molecule has 1 aliphatic heterocycles. The number of benzene rings is 1. The average Bonchev–Trinajstić information content (AvgIpc) is 2.84. The van der Waals surface area contributed by atoms with Gasteiger partial charge in [0.2, 0.25) is 6.79 Å². The second-order valence-corrected chi connectivity index (χ2v) is 3.79. The van der Waals surface area contributed by atoms with E-state index in [-0.39, 0.29) is 12.7 Å². The van der Waals surface area contributed by atoms with Gasteiger partial charge in [-0.05, 0) is 25.1 Å². The third-order valence-corrected chi connectivity index (χ3v) is 2.54. The number of ether oxygens (including phenoxy) is 3. The van der Waals surface area contributed by atoms with Gasteiger partial charge in [0, 0.05) is 5.56 Å². The summed E-state index contributed by atoms with van der Waals surface area (Å²) in [6, 6.07) is 4.13. The maximum atomic E-state index is 11.9. The van der Waals surface area contributed by atoms with E-state index < -0.39 is 12.0 Å². The third kappa shape index (κ3) is 2.37. The first kappa shape index (κ1) is 12.2. The van der Waals surface area contributed by atoms with Crippen molar-refractivity contribution in [3.8, 4) is 11.5 Å². The number of amides is 1. The molecule has 1 unspecified atom stereocenters. The molecule has 96 valence electrons. The SMILES string of the molecule is COC(=O)C(C)NC(=O)c1ccc2c(c1)OCO2. The molecule has 0 aromatic heterocycles. The van der Waals surface area contributed by atoms with Crippen LogP contribution in [0.4, 0.5) is 0 Å². The lowest BCUT2D eigenvalue weighted by atomic mass is 10.2. The van der Waals surface area contributed by atoms with E-state index in [2.05, 4.69) is 10.1 Å². The Labute approximate surface area is 104 Å². The number of carbonyl (C=O) groups excluding carboxylic acids is 2. The molecule has 0 saturated heterocycles. The Bertz CT molecular complexity index is 485. The summed E-state index contributed by atoms with van der Waals surface area (Å²) in [6.45, 7) is 1.70. The molecule has 1 aromatic carbocycles. The number of fused-ring (bicyclic) bond motifs is 1. The molecule has 1 atom stereocenters. The van der Waals surface area contributed by atoms with Crippen LogP contribution in [0.3, 0.4) is 0 Å². The van der Waals surface area contributed by atoms with Crippen LogP contribution in [0.15, 0.2) is 18.2 Å². The lowest BCUT2D eigenvalue weighted by molar-refractivity contribution is -0.142. The largest absolute Gasteiger partial charge is 0.467 e. The summed E-state index contributed by atoms with van der Waals surface area (Å²) in [5.74, 6) is 0.260. The summed E-state index contributed by atoms with van der Waals surface area (Å²) in [5, 5.41) is 2.53. The van der Waals surface area contributed by atoms with Gasteiger partial charge in [0.25, 0.3) is 5.91 Å². The van der Waals surface area contributed by atoms with Crippen LogP contribution < -0.4 is 14.8 Å². The number of esters is 1. The highest BCUT2D eigenvalue weighted by atomic mass is 16.7. The van der Waals surface area contributed by atoms with E-state index in [1.165, 1.54) is 7.11 Å². The highest BCUT2D eigenvalue weighted by molar-refractivity contribution is 5.97. The van der Waals surface area contributed by atoms with Crippen molar-refractivity contribution >= 4 is 11.9 Å². The summed E-state index contributed by atoms with van der Waals surface area (Å²) < 4.78 is 14.8. The highest BCUT2D eigenvalue weighted by Gasteiger charge is 2.19. The molecule has 6 heteroatoms. The predicted molar refractivity (Wildman–Crippen MR) is 61.5 cm³/mol. The number of nitrogens with one attached hydrogen (secondary N) is 1. The van der Waals surface area contributed by atoms with Gasteiger partial charge in [-0.2, -0.15) is 0 Å². The summed E-state index contributed by atoms with van der Waals surface area (Å²) in [5.41, 5.74) is 0.398. The molecule has 0 fully saturated rings. The van der Waals surface area contributed by atoms with Crippen molar-refractivity contribution in [2.24, 2.45) is 0 Å². The van der Waals surface area contributed by atoms with Gasteiger partial charge in [-0.15, -0.1) is 0 Å². The Morgan fingerprint density at radius 3 is 2.78 bits per heavy atom. The van der Waals surface area contributed by atoms with Gasteiger partial charge in [0.1, 0.15) is 6.04 Å². The van der Waals surface area contributed by atoms with Crippen molar-refractivity contribution in [1.82, 2.24) is 5.32 Å². The number of methoxy groups -OCH3 is 1. The zero-order chi connectivity index (χ0) is 13.1. The number of carbonyl (C=O) groups is 2. The molecule has 0 saturated carbocycles. The van der Waals surface area contributed by atoms with Crippen molar-refractivity contribution in [3.05, 3.63) is 23.8 Å². The Morgan fingerprint density at radius 1 is 1.33 bits per heavy atom. The summed E-state index contributed by atoms with van der Waals surface area (Å²) in [4.78, 5) is 23.0. The molecule has 1 aliphatic rings. The fourth-order valence-electron chi connectivity index (χ4n) is 1.55. The quantitative estimate of drug-likeness (QED) is 0.801. The summed E-state index contributed by atoms with van der Waals surface area (Å²) >= 11 is 0. The topological polar surface area (TPSA) is 73.9 Å². The molecule has 1 amide bonds. The monoisotopic (exact) mass is 251 g/mol. The average molecular weight is 251 g/mol. The van der Waals surface area contributed by atoms with Gasteiger partial charge >= 0.3 is 5.97 Å². The fourth-order valence-corrected chi connectivity index (χ4v) is 1.55. The first-order chi connectivity index (χ1) is 8.61. The van der Waals surface area contributed by atoms with E-state index in [1.54, 1.807) is 25.1 Å². The summed E-state index contributed by atoms with van der Waals surface area (Å²) in [6.07, 6.45) is 0. The van der Waals surface area contributed by atoms with E-state index in [0.717, 1.165) is 0 Å². The Kier molecular flexibility index (Phi) is 3.36. The van der Waals surface area contributed by atoms with Crippen molar-refractivity contribution in [3.63, 3.8) is 0 Å². The van der Waals surface area contributed by atoms with E-state index >= 15 is 0 Å². The van der Waals surface area contributed by atoms with E-state index in [4.69, 9.17) is 9.47 Å². The molecule has 18 heavy (non-hydrogen) atoms.